The minimum atomic E-state index is -0.426. The second-order valence-electron chi connectivity index (χ2n) is 3.85. The molecule has 0 amide bonds. The van der Waals surface area contributed by atoms with Crippen molar-refractivity contribution in [3.63, 3.8) is 0 Å². The zero-order chi connectivity index (χ0) is 11.3. The Morgan fingerprint density at radius 1 is 1.35 bits per heavy atom. The molecular weight excluding hydrogens is 245 g/mol. The van der Waals surface area contributed by atoms with E-state index in [1.54, 1.807) is 6.08 Å². The molecule has 1 atom stereocenters. The molecule has 1 unspecified atom stereocenters. The molecule has 17 heavy (non-hydrogen) atoms. The number of nitrogens with zero attached hydrogens (tertiary/aromatic N) is 2. The van der Waals surface area contributed by atoms with Crippen LogP contribution in [-0.2, 0) is 23.8 Å². The van der Waals surface area contributed by atoms with Gasteiger partial charge < -0.3 is 23.2 Å². The predicted octanol–water partition coefficient (Wildman–Crippen LogP) is -3.91. The van der Waals surface area contributed by atoms with Crippen LogP contribution in [0.5, 0.6) is 0 Å². The number of guanidine groups is 1. The fourth-order valence-corrected chi connectivity index (χ4v) is 2.17. The van der Waals surface area contributed by atoms with E-state index in [0.717, 1.165) is 21.8 Å². The third kappa shape index (κ3) is 2.20. The maximum atomic E-state index is 11.5. The minimum absolute atomic E-state index is 0. The molecule has 1 aromatic carbocycles. The van der Waals surface area contributed by atoms with Crippen LogP contribution in [0.4, 0.5) is 5.69 Å². The predicted molar refractivity (Wildman–Crippen MR) is 62.8 cm³/mol. The Labute approximate surface area is 125 Å². The number of carbonyl (C=O) groups is 1. The summed E-state index contributed by atoms with van der Waals surface area (Å²) in [7, 11) is 0. The van der Waals surface area contributed by atoms with Gasteiger partial charge in [0.05, 0.1) is 11.0 Å². The van der Waals surface area contributed by atoms with E-state index in [0.29, 0.717) is 6.42 Å². The van der Waals surface area contributed by atoms with Gasteiger partial charge in [-0.25, -0.2) is 9.98 Å². The van der Waals surface area contributed by atoms with Gasteiger partial charge in [0.25, 0.3) is 0 Å². The Kier molecular flexibility index (Phi) is 3.45. The van der Waals surface area contributed by atoms with Crippen LogP contribution < -0.4 is 45.9 Å². The third-order valence-corrected chi connectivity index (χ3v) is 3.12. The Balaban J connectivity index is 0.00000108. The van der Waals surface area contributed by atoms with Crippen molar-refractivity contribution in [3.05, 3.63) is 28.3 Å². The van der Waals surface area contributed by atoms with E-state index in [4.69, 9.17) is 18.4 Å². The van der Waals surface area contributed by atoms with Crippen LogP contribution in [0.2, 0.25) is 0 Å². The molecule has 80 valence electrons. The van der Waals surface area contributed by atoms with E-state index in [1.807, 2.05) is 12.1 Å². The van der Waals surface area contributed by atoms with E-state index in [2.05, 4.69) is 9.98 Å². The number of Topliss-reactive ketones (excluding diaryl/α,β-unsaturated/α-hetero) is 1. The molecule has 3 rings (SSSR count). The van der Waals surface area contributed by atoms with Crippen LogP contribution in [-0.4, -0.2) is 17.0 Å². The van der Waals surface area contributed by atoms with Crippen LogP contribution >= 0.6 is 0 Å². The average molecular weight is 253 g/mol. The van der Waals surface area contributed by atoms with Crippen molar-refractivity contribution in [3.8, 4) is 0 Å². The fraction of sp³-hybridized carbons (Fsp3) is 0.182. The van der Waals surface area contributed by atoms with E-state index in [9.17, 15) is 4.79 Å². The molecule has 1 aliphatic carbocycles. The summed E-state index contributed by atoms with van der Waals surface area (Å²) in [5.41, 5.74) is 7.23. The SMILES string of the molecule is NC1=Nc2cc3c(cc2=N1)CC(=O)C([S-])C=3.[Na+]. The smallest absolute Gasteiger partial charge is 0.778 e. The quantitative estimate of drug-likeness (QED) is 0.379. The van der Waals surface area contributed by atoms with Crippen LogP contribution in [0.3, 0.4) is 0 Å². The van der Waals surface area contributed by atoms with Gasteiger partial charge in [-0.3, -0.25) is 0 Å². The molecule has 0 saturated heterocycles. The van der Waals surface area contributed by atoms with Gasteiger partial charge in [0.1, 0.15) is 5.78 Å². The standard InChI is InChI=1S/C11H9N3OS.Na/c12-11-13-7-1-5-3-9(15)10(16)4-6(5)2-8(7)14-11;/h1-2,4,10,16H,3H2,(H2,12,14);/q;+1/p-1. The van der Waals surface area contributed by atoms with Gasteiger partial charge in [-0.2, -0.15) is 0 Å². The molecule has 1 aliphatic heterocycles. The Morgan fingerprint density at radius 3 is 2.88 bits per heavy atom. The molecule has 0 aromatic heterocycles. The van der Waals surface area contributed by atoms with Crippen molar-refractivity contribution in [1.82, 2.24) is 0 Å². The summed E-state index contributed by atoms with van der Waals surface area (Å²) in [6.07, 6.45) is 2.17. The van der Waals surface area contributed by atoms with Crippen LogP contribution in [0.15, 0.2) is 22.1 Å². The summed E-state index contributed by atoms with van der Waals surface area (Å²) in [5.74, 6) is 0.327. The molecule has 0 radical (unpaired) electrons. The number of nitrogens with two attached hydrogens (primary N) is 1. The maximum absolute atomic E-state index is 11.5. The van der Waals surface area contributed by atoms with Gasteiger partial charge in [0, 0.05) is 6.42 Å². The molecule has 0 fully saturated rings. The number of rotatable bonds is 0. The first kappa shape index (κ1) is 12.8. The number of fused-ring (bicyclic) bond motifs is 2. The molecule has 0 spiro atoms. The monoisotopic (exact) mass is 253 g/mol. The molecule has 4 nitrogen and oxygen atoms in total. The molecular formula is C11H8N3NaOS. The molecule has 2 N–H and O–H groups in total. The topological polar surface area (TPSA) is 67.8 Å². The molecule has 0 saturated carbocycles. The van der Waals surface area contributed by atoms with Crippen molar-refractivity contribution in [1.29, 1.82) is 0 Å². The first-order valence-electron chi connectivity index (χ1n) is 4.90. The van der Waals surface area contributed by atoms with Crippen LogP contribution in [0, 0.1) is 0 Å². The van der Waals surface area contributed by atoms with Crippen molar-refractivity contribution in [2.75, 3.05) is 0 Å². The first-order valence-corrected chi connectivity index (χ1v) is 5.37. The number of carbonyl (C=O) groups excluding carboxylic acids is 1. The first-order chi connectivity index (χ1) is 7.63. The summed E-state index contributed by atoms with van der Waals surface area (Å²) in [4.78, 5) is 19.7. The average Bonchev–Trinajstić information content (AvgIpc) is 2.56. The van der Waals surface area contributed by atoms with Gasteiger partial charge >= 0.3 is 29.6 Å². The van der Waals surface area contributed by atoms with Gasteiger partial charge in [-0.15, -0.1) is 0 Å². The van der Waals surface area contributed by atoms with Crippen LogP contribution in [0.1, 0.15) is 5.56 Å². The summed E-state index contributed by atoms with van der Waals surface area (Å²) in [6.45, 7) is 0. The zero-order valence-electron chi connectivity index (χ0n) is 9.30. The van der Waals surface area contributed by atoms with Crippen LogP contribution in [0.25, 0.3) is 6.08 Å². The largest absolute Gasteiger partial charge is 1.00 e. The number of hydrogen-bond acceptors (Lipinski definition) is 5. The summed E-state index contributed by atoms with van der Waals surface area (Å²) >= 11 is 5.05. The Bertz CT molecular complexity index is 653. The number of benzene rings is 1. The van der Waals surface area contributed by atoms with Gasteiger partial charge in [0.15, 0.2) is 0 Å². The molecule has 2 aliphatic rings. The second kappa shape index (κ2) is 4.57. The Morgan fingerprint density at radius 2 is 2.12 bits per heavy atom. The van der Waals surface area contributed by atoms with E-state index >= 15 is 0 Å². The summed E-state index contributed by atoms with van der Waals surface area (Å²) in [6, 6.07) is 3.75. The maximum Gasteiger partial charge on any atom is 1.00 e. The van der Waals surface area contributed by atoms with Crippen molar-refractivity contribution < 1.29 is 34.4 Å². The number of ketones is 1. The van der Waals surface area contributed by atoms with E-state index in [1.165, 1.54) is 0 Å². The molecule has 6 heteroatoms. The van der Waals surface area contributed by atoms with Gasteiger partial charge in [0.2, 0.25) is 5.96 Å². The van der Waals surface area contributed by atoms with E-state index < -0.39 is 5.25 Å². The fourth-order valence-electron chi connectivity index (χ4n) is 1.94. The third-order valence-electron chi connectivity index (χ3n) is 2.72. The minimum Gasteiger partial charge on any atom is -0.778 e. The number of hydrogen-bond donors (Lipinski definition) is 1. The summed E-state index contributed by atoms with van der Waals surface area (Å²) in [5, 5.41) is 1.29. The second-order valence-corrected chi connectivity index (χ2v) is 4.36. The molecule has 1 aromatic rings. The summed E-state index contributed by atoms with van der Waals surface area (Å²) < 4.78 is 0. The molecule has 1 heterocycles. The van der Waals surface area contributed by atoms with E-state index in [-0.39, 0.29) is 41.3 Å². The molecule has 0 bridgehead atoms. The number of aliphatic imine (C=N–C) groups is 1. The normalized spacial score (nSPS) is 20.4. The van der Waals surface area contributed by atoms with Crippen molar-refractivity contribution in [2.24, 2.45) is 15.7 Å². The van der Waals surface area contributed by atoms with Crippen molar-refractivity contribution >= 4 is 36.1 Å². The van der Waals surface area contributed by atoms with Crippen molar-refractivity contribution in [2.45, 2.75) is 11.7 Å². The zero-order valence-corrected chi connectivity index (χ0v) is 12.1. The van der Waals surface area contributed by atoms with Gasteiger partial charge in [-0.05, 0) is 22.9 Å². The Hall–Kier alpha value is -0.620. The van der Waals surface area contributed by atoms with Gasteiger partial charge in [-0.1, -0.05) is 11.3 Å².